The van der Waals surface area contributed by atoms with Crippen LogP contribution in [0.2, 0.25) is 0 Å². The van der Waals surface area contributed by atoms with E-state index in [2.05, 4.69) is 15.5 Å². The molecular weight excluding hydrogens is 306 g/mol. The van der Waals surface area contributed by atoms with Crippen molar-refractivity contribution in [2.75, 3.05) is 33.3 Å². The minimum atomic E-state index is -0.204. The van der Waals surface area contributed by atoms with Gasteiger partial charge in [-0.05, 0) is 51.6 Å². The van der Waals surface area contributed by atoms with Crippen LogP contribution in [0.4, 0.5) is 0 Å². The summed E-state index contributed by atoms with van der Waals surface area (Å²) >= 11 is 0. The van der Waals surface area contributed by atoms with Crippen molar-refractivity contribution in [3.63, 3.8) is 0 Å². The molecule has 128 valence electrons. The molecule has 2 N–H and O–H groups in total. The van der Waals surface area contributed by atoms with E-state index < -0.39 is 0 Å². The molecule has 0 aliphatic carbocycles. The fourth-order valence-electron chi connectivity index (χ4n) is 3.21. The second kappa shape index (κ2) is 9.33. The topological polar surface area (TPSA) is 70.7 Å². The molecule has 2 rings (SSSR count). The lowest BCUT2D eigenvalue weighted by Crippen LogP contribution is -2.49. The van der Waals surface area contributed by atoms with Crippen molar-refractivity contribution in [2.24, 2.45) is 5.92 Å². The summed E-state index contributed by atoms with van der Waals surface area (Å²) in [6.07, 6.45) is 4.17. The van der Waals surface area contributed by atoms with Crippen LogP contribution in [0.25, 0.3) is 0 Å². The third-order valence-electron chi connectivity index (χ3n) is 4.58. The van der Waals surface area contributed by atoms with Gasteiger partial charge in [0, 0.05) is 13.1 Å². The number of likely N-dealkylation sites (tertiary alicyclic amines) is 1. The molecule has 2 saturated heterocycles. The van der Waals surface area contributed by atoms with Gasteiger partial charge in [0.15, 0.2) is 0 Å². The van der Waals surface area contributed by atoms with Crippen LogP contribution in [-0.2, 0) is 14.3 Å². The minimum Gasteiger partial charge on any atom is -0.468 e. The van der Waals surface area contributed by atoms with Crippen LogP contribution in [0.3, 0.4) is 0 Å². The van der Waals surface area contributed by atoms with Crippen LogP contribution in [0.1, 0.15) is 32.6 Å². The largest absolute Gasteiger partial charge is 0.468 e. The average molecular weight is 334 g/mol. The van der Waals surface area contributed by atoms with Gasteiger partial charge in [-0.15, -0.1) is 12.4 Å². The van der Waals surface area contributed by atoms with E-state index in [0.717, 1.165) is 45.3 Å². The molecule has 3 unspecified atom stereocenters. The van der Waals surface area contributed by atoms with Crippen molar-refractivity contribution in [1.82, 2.24) is 15.5 Å². The molecule has 2 aliphatic heterocycles. The molecule has 2 heterocycles. The smallest absolute Gasteiger partial charge is 0.322 e. The summed E-state index contributed by atoms with van der Waals surface area (Å²) < 4.78 is 4.81. The first-order valence-corrected chi connectivity index (χ1v) is 7.94. The maximum atomic E-state index is 12.0. The molecule has 0 aromatic heterocycles. The zero-order chi connectivity index (χ0) is 15.2. The van der Waals surface area contributed by atoms with Gasteiger partial charge in [-0.25, -0.2) is 0 Å². The summed E-state index contributed by atoms with van der Waals surface area (Å²) in [5.41, 5.74) is 0. The van der Waals surface area contributed by atoms with E-state index in [0.29, 0.717) is 12.5 Å². The lowest BCUT2D eigenvalue weighted by atomic mass is 9.96. The van der Waals surface area contributed by atoms with E-state index in [1.54, 1.807) is 0 Å². The van der Waals surface area contributed by atoms with Gasteiger partial charge in [0.25, 0.3) is 0 Å². The van der Waals surface area contributed by atoms with Crippen LogP contribution >= 0.6 is 12.4 Å². The van der Waals surface area contributed by atoms with Crippen molar-refractivity contribution in [3.8, 4) is 0 Å². The Labute approximate surface area is 138 Å². The van der Waals surface area contributed by atoms with Crippen LogP contribution in [-0.4, -0.2) is 62.1 Å². The number of hydrogen-bond donors (Lipinski definition) is 2. The molecule has 0 saturated carbocycles. The second-order valence-corrected chi connectivity index (χ2v) is 6.10. The van der Waals surface area contributed by atoms with Gasteiger partial charge >= 0.3 is 5.97 Å². The molecule has 0 spiro atoms. The lowest BCUT2D eigenvalue weighted by Gasteiger charge is -2.35. The number of carbonyl (C=O) groups excluding carboxylic acids is 2. The predicted octanol–water partition coefficient (Wildman–Crippen LogP) is 0.550. The van der Waals surface area contributed by atoms with Crippen molar-refractivity contribution >= 4 is 24.3 Å². The fraction of sp³-hybridized carbons (Fsp3) is 0.867. The number of carbonyl (C=O) groups is 2. The number of nitrogens with one attached hydrogen (secondary N) is 2. The van der Waals surface area contributed by atoms with Gasteiger partial charge in [-0.2, -0.15) is 0 Å². The number of piperidine rings is 1. The molecule has 1 amide bonds. The van der Waals surface area contributed by atoms with Gasteiger partial charge in [0.05, 0.1) is 13.2 Å². The maximum absolute atomic E-state index is 12.0. The molecule has 6 nitrogen and oxygen atoms in total. The predicted molar refractivity (Wildman–Crippen MR) is 87.1 cm³/mol. The van der Waals surface area contributed by atoms with Crippen LogP contribution < -0.4 is 10.6 Å². The molecule has 2 fully saturated rings. The average Bonchev–Trinajstić information content (AvgIpc) is 3.05. The molecule has 0 aromatic carbocycles. The van der Waals surface area contributed by atoms with Crippen LogP contribution in [0.5, 0.6) is 0 Å². The number of ether oxygens (including phenoxy) is 1. The number of halogens is 1. The normalized spacial score (nSPS) is 26.8. The molecular formula is C15H28ClN3O3. The van der Waals surface area contributed by atoms with E-state index in [4.69, 9.17) is 4.74 Å². The number of nitrogens with zero attached hydrogens (tertiary/aromatic N) is 1. The first-order valence-electron chi connectivity index (χ1n) is 7.94. The van der Waals surface area contributed by atoms with Gasteiger partial charge < -0.3 is 15.4 Å². The number of esters is 1. The second-order valence-electron chi connectivity index (χ2n) is 6.10. The molecule has 7 heteroatoms. The zero-order valence-corrected chi connectivity index (χ0v) is 14.3. The Kier molecular flexibility index (Phi) is 8.14. The van der Waals surface area contributed by atoms with Crippen molar-refractivity contribution in [1.29, 1.82) is 0 Å². The van der Waals surface area contributed by atoms with Gasteiger partial charge in [0.1, 0.15) is 6.04 Å². The molecule has 2 aliphatic rings. The number of methoxy groups -OCH3 is 1. The first kappa shape index (κ1) is 19.2. The molecule has 0 aromatic rings. The Morgan fingerprint density at radius 1 is 1.36 bits per heavy atom. The Balaban J connectivity index is 0.00000242. The summed E-state index contributed by atoms with van der Waals surface area (Å²) in [5.74, 6) is 0.344. The summed E-state index contributed by atoms with van der Waals surface area (Å²) in [4.78, 5) is 25.8. The van der Waals surface area contributed by atoms with E-state index in [1.807, 2.05) is 6.92 Å². The number of rotatable bonds is 5. The van der Waals surface area contributed by atoms with Gasteiger partial charge in [-0.3, -0.25) is 14.5 Å². The molecule has 3 atom stereocenters. The van der Waals surface area contributed by atoms with E-state index in [1.165, 1.54) is 7.11 Å². The first-order chi connectivity index (χ1) is 10.1. The Morgan fingerprint density at radius 3 is 2.77 bits per heavy atom. The SMILES string of the molecule is COC(=O)C(C)N1CCCC(CNC(=O)C2CCCN2)C1.Cl. The van der Waals surface area contributed by atoms with Crippen molar-refractivity contribution in [3.05, 3.63) is 0 Å². The van der Waals surface area contributed by atoms with Crippen LogP contribution in [0.15, 0.2) is 0 Å². The monoisotopic (exact) mass is 333 g/mol. The third kappa shape index (κ3) is 5.11. The highest BCUT2D eigenvalue weighted by Gasteiger charge is 2.29. The Morgan fingerprint density at radius 2 is 2.14 bits per heavy atom. The lowest BCUT2D eigenvalue weighted by molar-refractivity contribution is -0.147. The standard InChI is InChI=1S/C15H27N3O3.ClH/c1-11(15(20)21-2)18-8-4-5-12(10-18)9-17-14(19)13-6-3-7-16-13;/h11-13,16H,3-10H2,1-2H3,(H,17,19);1H. The van der Waals surface area contributed by atoms with Gasteiger partial charge in [-0.1, -0.05) is 0 Å². The zero-order valence-electron chi connectivity index (χ0n) is 13.5. The maximum Gasteiger partial charge on any atom is 0.322 e. The Hall–Kier alpha value is -0.850. The quantitative estimate of drug-likeness (QED) is 0.719. The number of hydrogen-bond acceptors (Lipinski definition) is 5. The highest BCUT2D eigenvalue weighted by atomic mass is 35.5. The molecule has 0 bridgehead atoms. The van der Waals surface area contributed by atoms with Crippen molar-refractivity contribution < 1.29 is 14.3 Å². The van der Waals surface area contributed by atoms with E-state index in [9.17, 15) is 9.59 Å². The minimum absolute atomic E-state index is 0. The number of amides is 1. The summed E-state index contributed by atoms with van der Waals surface area (Å²) in [5, 5.41) is 6.26. The Bertz CT molecular complexity index is 375. The van der Waals surface area contributed by atoms with E-state index >= 15 is 0 Å². The fourth-order valence-corrected chi connectivity index (χ4v) is 3.21. The van der Waals surface area contributed by atoms with Gasteiger partial charge in [0.2, 0.25) is 5.91 Å². The summed E-state index contributed by atoms with van der Waals surface area (Å²) in [6.45, 7) is 5.28. The van der Waals surface area contributed by atoms with E-state index in [-0.39, 0.29) is 36.4 Å². The van der Waals surface area contributed by atoms with Crippen LogP contribution in [0, 0.1) is 5.92 Å². The highest BCUT2D eigenvalue weighted by molar-refractivity contribution is 5.85. The highest BCUT2D eigenvalue weighted by Crippen LogP contribution is 2.18. The summed E-state index contributed by atoms with van der Waals surface area (Å²) in [6, 6.07) is -0.219. The van der Waals surface area contributed by atoms with Crippen molar-refractivity contribution in [2.45, 2.75) is 44.7 Å². The molecule has 0 radical (unpaired) electrons. The third-order valence-corrected chi connectivity index (χ3v) is 4.58. The summed E-state index contributed by atoms with van der Waals surface area (Å²) in [7, 11) is 1.43. The molecule has 22 heavy (non-hydrogen) atoms.